The third-order valence-electron chi connectivity index (χ3n) is 3.24. The molecule has 25 heavy (non-hydrogen) atoms. The lowest BCUT2D eigenvalue weighted by Gasteiger charge is -2.08. The first-order chi connectivity index (χ1) is 11.4. The average Bonchev–Trinajstić information content (AvgIpc) is 2.92. The van der Waals surface area contributed by atoms with Crippen molar-refractivity contribution < 1.29 is 9.18 Å². The Kier molecular flexibility index (Phi) is 5.89. The van der Waals surface area contributed by atoms with Crippen molar-refractivity contribution in [2.45, 2.75) is 0 Å². The van der Waals surface area contributed by atoms with Crippen molar-refractivity contribution in [2.75, 3.05) is 11.1 Å². The number of hydrogen-bond donors (Lipinski definition) is 3. The number of imidazole rings is 1. The summed E-state index contributed by atoms with van der Waals surface area (Å²) in [5.41, 5.74) is 6.80. The number of aromatic amines is 1. The summed E-state index contributed by atoms with van der Waals surface area (Å²) in [6.07, 6.45) is 1.43. The highest BCUT2D eigenvalue weighted by Gasteiger charge is 2.12. The van der Waals surface area contributed by atoms with Crippen LogP contribution in [0.3, 0.4) is 0 Å². The fourth-order valence-corrected chi connectivity index (χ4v) is 2.70. The van der Waals surface area contributed by atoms with Crippen LogP contribution in [0.4, 0.5) is 16.0 Å². The number of aromatic nitrogens is 2. The van der Waals surface area contributed by atoms with Crippen LogP contribution in [0.2, 0.25) is 10.0 Å². The molecule has 1 heterocycles. The summed E-state index contributed by atoms with van der Waals surface area (Å²) in [6, 6.07) is 8.75. The summed E-state index contributed by atoms with van der Waals surface area (Å²) in [5, 5.41) is 3.27. The van der Waals surface area contributed by atoms with Crippen molar-refractivity contribution in [3.05, 3.63) is 64.0 Å². The molecule has 1 amide bonds. The van der Waals surface area contributed by atoms with Crippen LogP contribution >= 0.6 is 35.6 Å². The largest absolute Gasteiger partial charge is 0.369 e. The summed E-state index contributed by atoms with van der Waals surface area (Å²) in [4.78, 5) is 18.8. The van der Waals surface area contributed by atoms with Gasteiger partial charge in [-0.05, 0) is 36.4 Å². The van der Waals surface area contributed by atoms with E-state index in [9.17, 15) is 9.18 Å². The van der Waals surface area contributed by atoms with Crippen molar-refractivity contribution in [3.63, 3.8) is 0 Å². The third-order valence-corrected chi connectivity index (χ3v) is 3.67. The van der Waals surface area contributed by atoms with Gasteiger partial charge in [-0.3, -0.25) is 4.79 Å². The number of hydrogen-bond acceptors (Lipinski definition) is 3. The molecule has 4 N–H and O–H groups in total. The normalized spacial score (nSPS) is 10.2. The van der Waals surface area contributed by atoms with Gasteiger partial charge in [-0.15, -0.1) is 12.4 Å². The maximum atomic E-state index is 14.2. The molecule has 9 heteroatoms. The minimum Gasteiger partial charge on any atom is -0.369 e. The van der Waals surface area contributed by atoms with Crippen LogP contribution in [-0.2, 0) is 0 Å². The molecule has 130 valence electrons. The van der Waals surface area contributed by atoms with Crippen LogP contribution < -0.4 is 11.1 Å². The molecule has 0 saturated carbocycles. The smallest absolute Gasteiger partial charge is 0.255 e. The van der Waals surface area contributed by atoms with Gasteiger partial charge in [-0.25, -0.2) is 9.37 Å². The number of nitrogens with two attached hydrogens (primary N) is 1. The quantitative estimate of drug-likeness (QED) is 0.590. The lowest BCUT2D eigenvalue weighted by Crippen LogP contribution is -2.12. The van der Waals surface area contributed by atoms with Gasteiger partial charge >= 0.3 is 0 Å². The summed E-state index contributed by atoms with van der Waals surface area (Å²) in [7, 11) is 0. The molecular formula is C16H12Cl3FN4O. The van der Waals surface area contributed by atoms with E-state index in [4.69, 9.17) is 28.9 Å². The zero-order valence-corrected chi connectivity index (χ0v) is 14.8. The molecule has 0 fully saturated rings. The van der Waals surface area contributed by atoms with E-state index in [1.165, 1.54) is 36.5 Å². The van der Waals surface area contributed by atoms with Gasteiger partial charge in [0, 0.05) is 26.9 Å². The molecule has 0 saturated heterocycles. The van der Waals surface area contributed by atoms with Crippen LogP contribution in [0.5, 0.6) is 0 Å². The standard InChI is InChI=1S/C16H11Cl2FN4O.ClH/c17-9-3-8(4-10(18)5-9)15(24)22-11-1-2-12(13(19)6-11)14-7-21-16(20)23-14;/h1-7H,(H,22,24)(H3,20,21,23);1H. The highest BCUT2D eigenvalue weighted by Crippen LogP contribution is 2.25. The van der Waals surface area contributed by atoms with E-state index in [1.807, 2.05) is 0 Å². The topological polar surface area (TPSA) is 83.8 Å². The Labute approximate surface area is 158 Å². The van der Waals surface area contributed by atoms with Gasteiger partial charge in [0.25, 0.3) is 5.91 Å². The van der Waals surface area contributed by atoms with E-state index in [-0.39, 0.29) is 23.9 Å². The van der Waals surface area contributed by atoms with Crippen LogP contribution in [0, 0.1) is 5.82 Å². The lowest BCUT2D eigenvalue weighted by atomic mass is 10.1. The van der Waals surface area contributed by atoms with Crippen LogP contribution in [0.1, 0.15) is 10.4 Å². The Morgan fingerprint density at radius 3 is 2.40 bits per heavy atom. The summed E-state index contributed by atoms with van der Waals surface area (Å²) < 4.78 is 14.2. The number of carbonyl (C=O) groups is 1. The predicted molar refractivity (Wildman–Crippen MR) is 100 cm³/mol. The number of nitrogens with one attached hydrogen (secondary N) is 2. The molecule has 5 nitrogen and oxygen atoms in total. The Morgan fingerprint density at radius 2 is 1.84 bits per heavy atom. The van der Waals surface area contributed by atoms with Gasteiger partial charge in [0.1, 0.15) is 5.82 Å². The number of amides is 1. The fourth-order valence-electron chi connectivity index (χ4n) is 2.17. The zero-order valence-electron chi connectivity index (χ0n) is 12.5. The molecule has 0 aliphatic carbocycles. The first kappa shape index (κ1) is 19.1. The second-order valence-corrected chi connectivity index (χ2v) is 5.86. The van der Waals surface area contributed by atoms with Gasteiger partial charge in [-0.2, -0.15) is 0 Å². The van der Waals surface area contributed by atoms with Gasteiger partial charge in [0.15, 0.2) is 5.95 Å². The fraction of sp³-hybridized carbons (Fsp3) is 0. The molecule has 0 bridgehead atoms. The van der Waals surface area contributed by atoms with E-state index in [0.717, 1.165) is 0 Å². The van der Waals surface area contributed by atoms with Crippen LogP contribution in [0.15, 0.2) is 42.6 Å². The van der Waals surface area contributed by atoms with Crippen molar-refractivity contribution in [2.24, 2.45) is 0 Å². The second kappa shape index (κ2) is 7.74. The molecule has 0 aliphatic rings. The van der Waals surface area contributed by atoms with E-state index in [0.29, 0.717) is 27.0 Å². The minimum absolute atomic E-state index is 0. The second-order valence-electron chi connectivity index (χ2n) is 4.99. The number of H-pyrrole nitrogens is 1. The first-order valence-electron chi connectivity index (χ1n) is 6.80. The number of nitrogens with zero attached hydrogens (tertiary/aromatic N) is 1. The highest BCUT2D eigenvalue weighted by molar-refractivity contribution is 6.35. The van der Waals surface area contributed by atoms with Gasteiger partial charge in [0.05, 0.1) is 11.9 Å². The van der Waals surface area contributed by atoms with Crippen molar-refractivity contribution in [1.82, 2.24) is 9.97 Å². The summed E-state index contributed by atoms with van der Waals surface area (Å²) in [6.45, 7) is 0. The summed E-state index contributed by atoms with van der Waals surface area (Å²) in [5.74, 6) is -0.780. The SMILES string of the molecule is Cl.Nc1ncc(-c2ccc(NC(=O)c3cc(Cl)cc(Cl)c3)cc2F)[nH]1. The van der Waals surface area contributed by atoms with E-state index in [1.54, 1.807) is 6.07 Å². The maximum Gasteiger partial charge on any atom is 0.255 e. The van der Waals surface area contributed by atoms with Gasteiger partial charge in [-0.1, -0.05) is 23.2 Å². The molecule has 2 aromatic carbocycles. The van der Waals surface area contributed by atoms with Gasteiger partial charge < -0.3 is 16.0 Å². The predicted octanol–water partition coefficient (Wildman–Crippen LogP) is 4.78. The number of rotatable bonds is 3. The number of nitrogen functional groups attached to an aromatic ring is 1. The Balaban J connectivity index is 0.00000225. The Hall–Kier alpha value is -2.28. The van der Waals surface area contributed by atoms with E-state index >= 15 is 0 Å². The number of carbonyl (C=O) groups excluding carboxylic acids is 1. The lowest BCUT2D eigenvalue weighted by molar-refractivity contribution is 0.102. The van der Waals surface area contributed by atoms with Crippen molar-refractivity contribution >= 4 is 53.2 Å². The first-order valence-corrected chi connectivity index (χ1v) is 7.56. The molecule has 3 rings (SSSR count). The van der Waals surface area contributed by atoms with Crippen LogP contribution in [-0.4, -0.2) is 15.9 Å². The monoisotopic (exact) mass is 400 g/mol. The number of anilines is 2. The Bertz CT molecular complexity index is 909. The molecule has 1 aromatic heterocycles. The Morgan fingerprint density at radius 1 is 1.16 bits per heavy atom. The average molecular weight is 402 g/mol. The van der Waals surface area contributed by atoms with E-state index < -0.39 is 11.7 Å². The molecule has 0 atom stereocenters. The summed E-state index contributed by atoms with van der Waals surface area (Å²) >= 11 is 11.7. The number of benzene rings is 2. The third kappa shape index (κ3) is 4.42. The number of halogens is 4. The van der Waals surface area contributed by atoms with Gasteiger partial charge in [0.2, 0.25) is 0 Å². The van der Waals surface area contributed by atoms with Crippen molar-refractivity contribution in [3.8, 4) is 11.3 Å². The minimum atomic E-state index is -0.527. The molecule has 0 unspecified atom stereocenters. The molecule has 0 spiro atoms. The molecule has 3 aromatic rings. The highest BCUT2D eigenvalue weighted by atomic mass is 35.5. The zero-order chi connectivity index (χ0) is 17.3. The molecular weight excluding hydrogens is 390 g/mol. The van der Waals surface area contributed by atoms with Crippen LogP contribution in [0.25, 0.3) is 11.3 Å². The molecule has 0 radical (unpaired) electrons. The van der Waals surface area contributed by atoms with Crippen molar-refractivity contribution in [1.29, 1.82) is 0 Å². The maximum absolute atomic E-state index is 14.2. The van der Waals surface area contributed by atoms with E-state index in [2.05, 4.69) is 15.3 Å². The molecule has 0 aliphatic heterocycles.